The van der Waals surface area contributed by atoms with Gasteiger partial charge >= 0.3 is 0 Å². The van der Waals surface area contributed by atoms with Crippen molar-refractivity contribution < 1.29 is 18.7 Å². The largest absolute Gasteiger partial charge is 0.495 e. The first kappa shape index (κ1) is 19.4. The van der Waals surface area contributed by atoms with Crippen molar-refractivity contribution in [3.63, 3.8) is 0 Å². The van der Waals surface area contributed by atoms with E-state index in [9.17, 15) is 14.0 Å². The second-order valence-corrected chi connectivity index (χ2v) is 8.01. The number of amides is 2. The van der Waals surface area contributed by atoms with Crippen LogP contribution in [-0.4, -0.2) is 40.3 Å². The molecule has 0 aromatic heterocycles. The molecular formula is C21H20FN3O3S. The fraction of sp³-hybridized carbons (Fsp3) is 0.286. The number of para-hydroxylation sites is 3. The molecule has 1 aliphatic carbocycles. The summed E-state index contributed by atoms with van der Waals surface area (Å²) in [4.78, 5) is 31.5. The molecule has 0 spiro atoms. The normalized spacial score (nSPS) is 20.2. The van der Waals surface area contributed by atoms with Crippen molar-refractivity contribution in [2.45, 2.75) is 30.6 Å². The molecule has 8 heteroatoms. The maximum absolute atomic E-state index is 14.0. The quantitative estimate of drug-likeness (QED) is 0.778. The number of benzene rings is 2. The van der Waals surface area contributed by atoms with Gasteiger partial charge in [0, 0.05) is 12.5 Å². The van der Waals surface area contributed by atoms with E-state index in [1.54, 1.807) is 41.3 Å². The summed E-state index contributed by atoms with van der Waals surface area (Å²) in [7, 11) is 1.53. The number of hydrogen-bond acceptors (Lipinski definition) is 5. The molecule has 2 amide bonds. The number of anilines is 1. The van der Waals surface area contributed by atoms with Gasteiger partial charge in [-0.05, 0) is 37.1 Å². The van der Waals surface area contributed by atoms with Crippen LogP contribution in [0.25, 0.3) is 0 Å². The van der Waals surface area contributed by atoms with Gasteiger partial charge < -0.3 is 10.1 Å². The summed E-state index contributed by atoms with van der Waals surface area (Å²) in [5, 5.41) is 2.66. The molecular weight excluding hydrogens is 393 g/mol. The Morgan fingerprint density at radius 2 is 1.97 bits per heavy atom. The van der Waals surface area contributed by atoms with E-state index in [4.69, 9.17) is 4.74 Å². The fourth-order valence-electron chi connectivity index (χ4n) is 3.12. The third kappa shape index (κ3) is 4.27. The van der Waals surface area contributed by atoms with Crippen molar-refractivity contribution in [3.05, 3.63) is 54.3 Å². The first-order valence-electron chi connectivity index (χ1n) is 9.32. The van der Waals surface area contributed by atoms with Crippen molar-refractivity contribution in [3.8, 4) is 5.75 Å². The highest BCUT2D eigenvalue weighted by molar-refractivity contribution is 8.15. The fourth-order valence-corrected chi connectivity index (χ4v) is 4.33. The Hall–Kier alpha value is -2.87. The summed E-state index contributed by atoms with van der Waals surface area (Å²) in [6, 6.07) is 13.4. The number of amidine groups is 1. The molecule has 1 heterocycles. The number of rotatable bonds is 6. The zero-order chi connectivity index (χ0) is 20.4. The monoisotopic (exact) mass is 413 g/mol. The van der Waals surface area contributed by atoms with Crippen molar-refractivity contribution in [2.75, 3.05) is 12.4 Å². The highest BCUT2D eigenvalue weighted by Crippen LogP contribution is 2.39. The number of nitrogens with zero attached hydrogens (tertiary/aromatic N) is 2. The molecule has 0 unspecified atom stereocenters. The lowest BCUT2D eigenvalue weighted by atomic mass is 10.2. The molecule has 1 atom stereocenters. The molecule has 1 saturated heterocycles. The second-order valence-electron chi connectivity index (χ2n) is 6.84. The maximum Gasteiger partial charge on any atom is 0.242 e. The molecule has 1 N–H and O–H groups in total. The van der Waals surface area contributed by atoms with E-state index in [0.29, 0.717) is 16.6 Å². The summed E-state index contributed by atoms with van der Waals surface area (Å²) in [5.74, 6) is -0.333. The number of hydrogen-bond donors (Lipinski definition) is 1. The number of methoxy groups -OCH3 is 1. The molecule has 2 fully saturated rings. The Morgan fingerprint density at radius 3 is 2.69 bits per heavy atom. The first-order valence-corrected chi connectivity index (χ1v) is 10.2. The summed E-state index contributed by atoms with van der Waals surface area (Å²) in [6.07, 6.45) is 1.78. The SMILES string of the molecule is COc1ccccc1NC(=O)C[C@H]1SC(=Nc2ccccc2F)N(C2CC2)C1=O. The lowest BCUT2D eigenvalue weighted by Crippen LogP contribution is -2.35. The van der Waals surface area contributed by atoms with Crippen molar-refractivity contribution in [2.24, 2.45) is 4.99 Å². The highest BCUT2D eigenvalue weighted by Gasteiger charge is 2.46. The molecule has 0 radical (unpaired) electrons. The predicted octanol–water partition coefficient (Wildman–Crippen LogP) is 3.96. The van der Waals surface area contributed by atoms with Crippen molar-refractivity contribution in [1.82, 2.24) is 4.90 Å². The van der Waals surface area contributed by atoms with Gasteiger partial charge in [-0.25, -0.2) is 9.38 Å². The van der Waals surface area contributed by atoms with Crippen molar-refractivity contribution in [1.29, 1.82) is 0 Å². The Kier molecular flexibility index (Phi) is 5.53. The van der Waals surface area contributed by atoms with Crippen LogP contribution in [0.4, 0.5) is 15.8 Å². The van der Waals surface area contributed by atoms with Gasteiger partial charge in [0.1, 0.15) is 22.5 Å². The second kappa shape index (κ2) is 8.24. The number of thioether (sulfide) groups is 1. The maximum atomic E-state index is 14.0. The number of aliphatic imine (C=N–C) groups is 1. The number of nitrogens with one attached hydrogen (secondary N) is 1. The van der Waals surface area contributed by atoms with Crippen LogP contribution in [0.5, 0.6) is 5.75 Å². The van der Waals surface area contributed by atoms with Crippen molar-refractivity contribution >= 4 is 40.1 Å². The Labute approximate surface area is 172 Å². The summed E-state index contributed by atoms with van der Waals surface area (Å²) in [5.41, 5.74) is 0.738. The molecule has 2 aromatic carbocycles. The van der Waals surface area contributed by atoms with Crippen LogP contribution in [0.1, 0.15) is 19.3 Å². The third-order valence-electron chi connectivity index (χ3n) is 4.70. The smallest absolute Gasteiger partial charge is 0.242 e. The molecule has 1 saturated carbocycles. The Bertz CT molecular complexity index is 977. The van der Waals surface area contributed by atoms with E-state index in [1.165, 1.54) is 24.9 Å². The molecule has 6 nitrogen and oxygen atoms in total. The van der Waals surface area contributed by atoms with Crippen LogP contribution in [0.3, 0.4) is 0 Å². The average Bonchev–Trinajstić information content (AvgIpc) is 3.50. The van der Waals surface area contributed by atoms with E-state index >= 15 is 0 Å². The lowest BCUT2D eigenvalue weighted by Gasteiger charge is -2.15. The molecule has 150 valence electrons. The van der Waals surface area contributed by atoms with Gasteiger partial charge in [0.05, 0.1) is 12.8 Å². The number of halogens is 1. The molecule has 4 rings (SSSR count). The van der Waals surface area contributed by atoms with Gasteiger partial charge in [0.25, 0.3) is 0 Å². The summed E-state index contributed by atoms with van der Waals surface area (Å²) >= 11 is 1.22. The van der Waals surface area contributed by atoms with Crippen LogP contribution in [0.2, 0.25) is 0 Å². The minimum Gasteiger partial charge on any atom is -0.495 e. The van der Waals surface area contributed by atoms with Gasteiger partial charge in [-0.1, -0.05) is 36.0 Å². The van der Waals surface area contributed by atoms with E-state index in [-0.39, 0.29) is 30.0 Å². The molecule has 2 aromatic rings. The minimum absolute atomic E-state index is 0.00105. The van der Waals surface area contributed by atoms with E-state index in [2.05, 4.69) is 10.3 Å². The lowest BCUT2D eigenvalue weighted by molar-refractivity contribution is -0.128. The van der Waals surface area contributed by atoms with E-state index in [0.717, 1.165) is 12.8 Å². The summed E-state index contributed by atoms with van der Waals surface area (Å²) < 4.78 is 19.2. The van der Waals surface area contributed by atoms with E-state index in [1.807, 2.05) is 6.07 Å². The summed E-state index contributed by atoms with van der Waals surface area (Å²) in [6.45, 7) is 0. The Morgan fingerprint density at radius 1 is 1.24 bits per heavy atom. The van der Waals surface area contributed by atoms with Crippen LogP contribution in [0, 0.1) is 5.82 Å². The standard InChI is InChI=1S/C21H20FN3O3S/c1-28-17-9-5-4-8-16(17)23-19(26)12-18-20(27)25(13-10-11-13)21(29-18)24-15-7-3-2-6-14(15)22/h2-9,13,18H,10-12H2,1H3,(H,23,26)/t18-/m1/s1. The highest BCUT2D eigenvalue weighted by atomic mass is 32.2. The molecule has 29 heavy (non-hydrogen) atoms. The van der Waals surface area contributed by atoms with Gasteiger partial charge in [-0.3, -0.25) is 14.5 Å². The number of ether oxygens (including phenoxy) is 1. The number of carbonyl (C=O) groups is 2. The van der Waals surface area contributed by atoms with Crippen LogP contribution < -0.4 is 10.1 Å². The van der Waals surface area contributed by atoms with Gasteiger partial charge in [0.15, 0.2) is 5.17 Å². The van der Waals surface area contributed by atoms with E-state index < -0.39 is 11.1 Å². The predicted molar refractivity (Wildman–Crippen MR) is 111 cm³/mol. The van der Waals surface area contributed by atoms with Gasteiger partial charge in [-0.2, -0.15) is 0 Å². The number of carbonyl (C=O) groups excluding carboxylic acids is 2. The Balaban J connectivity index is 1.50. The van der Waals surface area contributed by atoms with Crippen LogP contribution in [0.15, 0.2) is 53.5 Å². The zero-order valence-electron chi connectivity index (χ0n) is 15.8. The molecule has 1 aliphatic heterocycles. The topological polar surface area (TPSA) is 71.0 Å². The minimum atomic E-state index is -0.587. The van der Waals surface area contributed by atoms with Gasteiger partial charge in [-0.15, -0.1) is 0 Å². The first-order chi connectivity index (χ1) is 14.1. The van der Waals surface area contributed by atoms with Crippen LogP contribution >= 0.6 is 11.8 Å². The van der Waals surface area contributed by atoms with Crippen LogP contribution in [-0.2, 0) is 9.59 Å². The zero-order valence-corrected chi connectivity index (χ0v) is 16.6. The molecule has 2 aliphatic rings. The third-order valence-corrected chi connectivity index (χ3v) is 5.85. The van der Waals surface area contributed by atoms with Gasteiger partial charge in [0.2, 0.25) is 11.8 Å². The average molecular weight is 413 g/mol. The molecule has 0 bridgehead atoms.